The molecular weight excluding hydrogens is 451 g/mol. The summed E-state index contributed by atoms with van der Waals surface area (Å²) in [4.78, 5) is 5.53. The molecule has 0 fully saturated rings. The molecule has 0 aliphatic heterocycles. The molecular formula is C25H9F5N4. The van der Waals surface area contributed by atoms with Gasteiger partial charge >= 0.3 is 0 Å². The van der Waals surface area contributed by atoms with Gasteiger partial charge in [0.1, 0.15) is 11.9 Å². The van der Waals surface area contributed by atoms with Crippen LogP contribution in [0.4, 0.5) is 27.6 Å². The van der Waals surface area contributed by atoms with Gasteiger partial charge in [-0.1, -0.05) is 24.3 Å². The maximum atomic E-state index is 14.7. The minimum atomic E-state index is -1.97. The van der Waals surface area contributed by atoms with Crippen molar-refractivity contribution in [2.45, 2.75) is 6.92 Å². The molecule has 164 valence electrons. The lowest BCUT2D eigenvalue weighted by molar-refractivity contribution is 0.457. The topological polar surface area (TPSA) is 56.3 Å². The van der Waals surface area contributed by atoms with Gasteiger partial charge in [0.05, 0.1) is 30.4 Å². The molecule has 0 amide bonds. The van der Waals surface area contributed by atoms with E-state index in [0.717, 1.165) is 12.1 Å². The highest BCUT2D eigenvalue weighted by Gasteiger charge is 2.28. The van der Waals surface area contributed by atoms with Gasteiger partial charge in [0, 0.05) is 5.22 Å². The van der Waals surface area contributed by atoms with Crippen molar-refractivity contribution < 1.29 is 22.0 Å². The first-order chi connectivity index (χ1) is 16.2. The van der Waals surface area contributed by atoms with Gasteiger partial charge in [-0.25, -0.2) is 36.9 Å². The van der Waals surface area contributed by atoms with Crippen LogP contribution in [0.15, 0.2) is 36.4 Å². The average molecular weight is 460 g/mol. The summed E-state index contributed by atoms with van der Waals surface area (Å²) in [5.74, 6) is -8.51. The third-order valence-electron chi connectivity index (χ3n) is 4.85. The molecule has 0 saturated carbocycles. The molecule has 0 saturated heterocycles. The molecule has 34 heavy (non-hydrogen) atoms. The molecule has 0 aromatic heterocycles. The first-order valence-electron chi connectivity index (χ1n) is 9.26. The van der Waals surface area contributed by atoms with Crippen LogP contribution in [0.2, 0.25) is 0 Å². The fraction of sp³-hybridized carbons (Fsp3) is 0.0400. The van der Waals surface area contributed by atoms with E-state index in [9.17, 15) is 32.5 Å². The smallest absolute Gasteiger partial charge is 0.232 e. The van der Waals surface area contributed by atoms with Crippen molar-refractivity contribution in [3.8, 4) is 23.3 Å². The predicted octanol–water partition coefficient (Wildman–Crippen LogP) is 5.18. The SMILES string of the molecule is [C-]#[N+]/C(C#N)=c1\cc/c(=C(/C#N)c2c(F)c(F)c([N+]#[C-])c(F)c2F)c(-c2cc(C)cc(F)c2)c1. The minimum absolute atomic E-state index is 0.0260. The maximum Gasteiger partial charge on any atom is 0.268 e. The van der Waals surface area contributed by atoms with Crippen LogP contribution in [-0.2, 0) is 0 Å². The van der Waals surface area contributed by atoms with Crippen LogP contribution in [0.25, 0.3) is 32.1 Å². The molecule has 4 nitrogen and oxygen atoms in total. The number of hydrogen-bond acceptors (Lipinski definition) is 2. The van der Waals surface area contributed by atoms with Gasteiger partial charge in [0.25, 0.3) is 11.4 Å². The van der Waals surface area contributed by atoms with Gasteiger partial charge in [0.2, 0.25) is 0 Å². The van der Waals surface area contributed by atoms with Gasteiger partial charge < -0.3 is 0 Å². The number of rotatable bonds is 2. The molecule has 3 rings (SSSR count). The fourth-order valence-corrected chi connectivity index (χ4v) is 3.38. The number of nitrogens with zero attached hydrogens (tertiary/aromatic N) is 4. The molecule has 0 spiro atoms. The summed E-state index contributed by atoms with van der Waals surface area (Å²) < 4.78 is 72.2. The summed E-state index contributed by atoms with van der Waals surface area (Å²) >= 11 is 0. The van der Waals surface area contributed by atoms with Crippen LogP contribution < -0.4 is 10.4 Å². The van der Waals surface area contributed by atoms with Crippen LogP contribution >= 0.6 is 0 Å². The zero-order chi connectivity index (χ0) is 25.2. The molecule has 0 unspecified atom stereocenters. The second-order valence-corrected chi connectivity index (χ2v) is 6.93. The Balaban J connectivity index is 2.63. The van der Waals surface area contributed by atoms with Crippen LogP contribution in [-0.4, -0.2) is 0 Å². The highest BCUT2D eigenvalue weighted by atomic mass is 19.2. The van der Waals surface area contributed by atoms with Crippen LogP contribution in [0.3, 0.4) is 0 Å². The zero-order valence-electron chi connectivity index (χ0n) is 17.1. The Hall–Kier alpha value is -4.99. The molecule has 0 aliphatic rings. The van der Waals surface area contributed by atoms with Crippen molar-refractivity contribution in [1.82, 2.24) is 0 Å². The predicted molar refractivity (Wildman–Crippen MR) is 112 cm³/mol. The van der Waals surface area contributed by atoms with Gasteiger partial charge in [-0.2, -0.15) is 5.26 Å². The summed E-state index contributed by atoms with van der Waals surface area (Å²) in [6.45, 7) is 15.4. The Morgan fingerprint density at radius 2 is 1.50 bits per heavy atom. The van der Waals surface area contributed by atoms with E-state index >= 15 is 0 Å². The van der Waals surface area contributed by atoms with Crippen molar-refractivity contribution in [3.63, 3.8) is 0 Å². The van der Waals surface area contributed by atoms with Gasteiger partial charge in [-0.05, 0) is 41.0 Å². The molecule has 3 aromatic carbocycles. The summed E-state index contributed by atoms with van der Waals surface area (Å²) in [5, 5.41) is 18.7. The third kappa shape index (κ3) is 3.95. The lowest BCUT2D eigenvalue weighted by atomic mass is 9.94. The lowest BCUT2D eigenvalue weighted by Crippen LogP contribution is -2.18. The second kappa shape index (κ2) is 9.25. The second-order valence-electron chi connectivity index (χ2n) is 6.93. The molecule has 0 atom stereocenters. The minimum Gasteiger partial charge on any atom is -0.232 e. The third-order valence-corrected chi connectivity index (χ3v) is 4.85. The van der Waals surface area contributed by atoms with Crippen molar-refractivity contribution in [2.24, 2.45) is 0 Å². The van der Waals surface area contributed by atoms with Crippen molar-refractivity contribution in [1.29, 1.82) is 10.5 Å². The van der Waals surface area contributed by atoms with E-state index in [2.05, 4.69) is 9.69 Å². The molecule has 0 aliphatic carbocycles. The number of hydrogen-bond donors (Lipinski definition) is 0. The number of halogens is 5. The van der Waals surface area contributed by atoms with Crippen molar-refractivity contribution in [3.05, 3.63) is 110 Å². The van der Waals surface area contributed by atoms with E-state index in [1.54, 1.807) is 13.0 Å². The van der Waals surface area contributed by atoms with E-state index in [-0.39, 0.29) is 27.3 Å². The molecule has 9 heteroatoms. The molecule has 3 aromatic rings. The maximum absolute atomic E-state index is 14.7. The Morgan fingerprint density at radius 1 is 0.853 bits per heavy atom. The largest absolute Gasteiger partial charge is 0.268 e. The van der Waals surface area contributed by atoms with E-state index in [1.807, 2.05) is 0 Å². The van der Waals surface area contributed by atoms with Gasteiger partial charge in [0.15, 0.2) is 23.3 Å². The fourth-order valence-electron chi connectivity index (χ4n) is 3.38. The number of benzene rings is 3. The van der Waals surface area contributed by atoms with E-state index in [1.165, 1.54) is 30.3 Å². The Morgan fingerprint density at radius 3 is 2.00 bits per heavy atom. The Bertz CT molecular complexity index is 1600. The van der Waals surface area contributed by atoms with Crippen molar-refractivity contribution in [2.75, 3.05) is 0 Å². The van der Waals surface area contributed by atoms with Gasteiger partial charge in [-0.15, -0.1) is 0 Å². The van der Waals surface area contributed by atoms with Gasteiger partial charge in [-0.3, -0.25) is 0 Å². The standard InChI is InChI=1S/C25H9F5N4/c1-12-6-14(8-15(26)7-12)17-9-13(19(11-32)33-2)4-5-16(17)18(10-31)20-21(27)23(29)25(34-3)24(30)22(20)28/h4-9H,1H3/b18-16+,19-13+. The highest BCUT2D eigenvalue weighted by molar-refractivity contribution is 5.83. The van der Waals surface area contributed by atoms with Crippen LogP contribution in [0.1, 0.15) is 11.1 Å². The molecule has 0 heterocycles. The van der Waals surface area contributed by atoms with E-state index in [0.29, 0.717) is 5.56 Å². The summed E-state index contributed by atoms with van der Waals surface area (Å²) in [6, 6.07) is 10.5. The summed E-state index contributed by atoms with van der Waals surface area (Å²) in [5.41, 5.74) is -3.51. The zero-order valence-corrected chi connectivity index (χ0v) is 17.1. The van der Waals surface area contributed by atoms with Crippen molar-refractivity contribution >= 4 is 17.0 Å². The monoisotopic (exact) mass is 460 g/mol. The Labute approximate surface area is 190 Å². The molecule has 0 bridgehead atoms. The van der Waals surface area contributed by atoms with E-state index < -0.39 is 45.9 Å². The summed E-state index contributed by atoms with van der Waals surface area (Å²) in [6.07, 6.45) is 0. The van der Waals surface area contributed by atoms with E-state index in [4.69, 9.17) is 13.1 Å². The van der Waals surface area contributed by atoms with Crippen LogP contribution in [0.5, 0.6) is 0 Å². The first kappa shape index (κ1) is 23.7. The summed E-state index contributed by atoms with van der Waals surface area (Å²) in [7, 11) is 0. The molecule has 0 radical (unpaired) electrons. The molecule has 0 N–H and O–H groups in total. The van der Waals surface area contributed by atoms with Crippen LogP contribution in [0, 0.1) is 71.8 Å². The number of nitriles is 2. The first-order valence-corrected chi connectivity index (χ1v) is 9.26. The quantitative estimate of drug-likeness (QED) is 0.301. The number of aryl methyl sites for hydroxylation is 1. The highest BCUT2D eigenvalue weighted by Crippen LogP contribution is 2.33. The normalized spacial score (nSPS) is 12.1. The lowest BCUT2D eigenvalue weighted by Gasteiger charge is -2.11. The Kier molecular flexibility index (Phi) is 6.44. The average Bonchev–Trinajstić information content (AvgIpc) is 2.81.